The minimum atomic E-state index is -0.732. The van der Waals surface area contributed by atoms with Crippen LogP contribution in [0, 0.1) is 5.82 Å². The van der Waals surface area contributed by atoms with Crippen molar-refractivity contribution in [1.29, 1.82) is 0 Å². The number of amidine groups is 1. The van der Waals surface area contributed by atoms with Crippen molar-refractivity contribution in [2.45, 2.75) is 69.3 Å². The van der Waals surface area contributed by atoms with Crippen molar-refractivity contribution in [3.8, 4) is 0 Å². The summed E-state index contributed by atoms with van der Waals surface area (Å²) < 4.78 is 20.7. The fourth-order valence-corrected chi connectivity index (χ4v) is 5.51. The van der Waals surface area contributed by atoms with Crippen LogP contribution in [0.25, 0.3) is 0 Å². The Balaban J connectivity index is 1.93. The number of nitrogens with zero attached hydrogens (tertiary/aromatic N) is 1. The second-order valence-corrected chi connectivity index (χ2v) is 10.6. The van der Waals surface area contributed by atoms with E-state index in [4.69, 9.17) is 9.73 Å². The van der Waals surface area contributed by atoms with Crippen LogP contribution in [-0.2, 0) is 10.3 Å². The Kier molecular flexibility index (Phi) is 5.16. The highest BCUT2D eigenvalue weighted by Gasteiger charge is 2.49. The highest BCUT2D eigenvalue weighted by molar-refractivity contribution is 9.10. The van der Waals surface area contributed by atoms with Crippen molar-refractivity contribution >= 4 is 39.0 Å². The fourth-order valence-electron chi connectivity index (χ4n) is 3.51. The number of ether oxygens (including phenoxy) is 1. The van der Waals surface area contributed by atoms with E-state index < -0.39 is 17.2 Å². The Morgan fingerprint density at radius 3 is 2.65 bits per heavy atom. The lowest BCUT2D eigenvalue weighted by atomic mass is 9.73. The number of hydrogen-bond donors (Lipinski definition) is 1. The normalized spacial score (nSPS) is 24.6. The molecular formula is C19H24BrFN2O2S. The van der Waals surface area contributed by atoms with Gasteiger partial charge in [-0.25, -0.2) is 9.18 Å². The number of halogens is 2. The summed E-state index contributed by atoms with van der Waals surface area (Å²) in [5, 5.41) is 3.28. The van der Waals surface area contributed by atoms with E-state index in [1.54, 1.807) is 23.9 Å². The molecule has 1 N–H and O–H groups in total. The summed E-state index contributed by atoms with van der Waals surface area (Å²) in [6.45, 7) is 7.39. The number of alkyl carbamates (subject to hydrolysis) is 1. The zero-order chi connectivity index (χ0) is 19.2. The van der Waals surface area contributed by atoms with E-state index >= 15 is 0 Å². The third kappa shape index (κ3) is 4.25. The zero-order valence-electron chi connectivity index (χ0n) is 15.5. The van der Waals surface area contributed by atoms with Crippen molar-refractivity contribution in [1.82, 2.24) is 5.32 Å². The Hall–Kier alpha value is -1.08. The highest BCUT2D eigenvalue weighted by Crippen LogP contribution is 2.55. The van der Waals surface area contributed by atoms with Gasteiger partial charge in [0.25, 0.3) is 0 Å². The molecule has 7 heteroatoms. The van der Waals surface area contributed by atoms with Crippen molar-refractivity contribution in [2.75, 3.05) is 0 Å². The first-order valence-corrected chi connectivity index (χ1v) is 10.4. The Morgan fingerprint density at radius 1 is 1.38 bits per heavy atom. The first kappa shape index (κ1) is 19.7. The van der Waals surface area contributed by atoms with E-state index in [-0.39, 0.29) is 10.6 Å². The van der Waals surface area contributed by atoms with Crippen LogP contribution in [0.1, 0.15) is 58.9 Å². The number of thioether (sulfide) groups is 1. The van der Waals surface area contributed by atoms with Gasteiger partial charge in [0.1, 0.15) is 11.4 Å². The van der Waals surface area contributed by atoms with Crippen molar-refractivity contribution in [3.05, 3.63) is 34.1 Å². The monoisotopic (exact) mass is 442 g/mol. The lowest BCUT2D eigenvalue weighted by Crippen LogP contribution is -2.48. The molecule has 2 aliphatic rings. The van der Waals surface area contributed by atoms with Crippen LogP contribution in [0.2, 0.25) is 0 Å². The van der Waals surface area contributed by atoms with Gasteiger partial charge in [-0.2, -0.15) is 0 Å². The molecule has 1 aliphatic carbocycles. The summed E-state index contributed by atoms with van der Waals surface area (Å²) >= 11 is 5.01. The molecule has 4 nitrogen and oxygen atoms in total. The molecule has 1 atom stereocenters. The van der Waals surface area contributed by atoms with Crippen LogP contribution < -0.4 is 5.32 Å². The summed E-state index contributed by atoms with van der Waals surface area (Å²) in [5.74, 6) is -0.280. The molecule has 1 heterocycles. The zero-order valence-corrected chi connectivity index (χ0v) is 17.9. The van der Waals surface area contributed by atoms with Gasteiger partial charge < -0.3 is 4.74 Å². The van der Waals surface area contributed by atoms with Crippen molar-refractivity contribution in [3.63, 3.8) is 0 Å². The molecule has 1 fully saturated rings. The van der Waals surface area contributed by atoms with E-state index in [9.17, 15) is 9.18 Å². The minimum absolute atomic E-state index is 0.00436. The van der Waals surface area contributed by atoms with E-state index in [1.807, 2.05) is 27.7 Å². The Morgan fingerprint density at radius 2 is 2.08 bits per heavy atom. The standard InChI is InChI=1S/C19H24BrFN2O2S/c1-17(2,3)25-16(24)22-15-23-18(4,11-19(26-15)8-5-9-19)13-10-12(20)6-7-14(13)21/h6-7,10H,5,8-9,11H2,1-4H3,(H,22,23,24)/t18-/m0/s1. The van der Waals surface area contributed by atoms with Gasteiger partial charge in [-0.3, -0.25) is 10.3 Å². The summed E-state index contributed by atoms with van der Waals surface area (Å²) in [7, 11) is 0. The largest absolute Gasteiger partial charge is 0.444 e. The number of amides is 1. The summed E-state index contributed by atoms with van der Waals surface area (Å²) in [6, 6.07) is 4.92. The molecule has 0 saturated heterocycles. The molecule has 1 aromatic rings. The first-order valence-electron chi connectivity index (χ1n) is 8.75. The molecule has 0 bridgehead atoms. The quantitative estimate of drug-likeness (QED) is 0.602. The molecule has 1 aliphatic heterocycles. The van der Waals surface area contributed by atoms with E-state index in [0.717, 1.165) is 30.2 Å². The van der Waals surface area contributed by atoms with Crippen LogP contribution in [0.15, 0.2) is 27.7 Å². The van der Waals surface area contributed by atoms with Crippen LogP contribution in [-0.4, -0.2) is 21.6 Å². The van der Waals surface area contributed by atoms with Gasteiger partial charge in [0.15, 0.2) is 5.17 Å². The van der Waals surface area contributed by atoms with Gasteiger partial charge in [0.2, 0.25) is 0 Å². The smallest absolute Gasteiger partial charge is 0.413 e. The molecule has 26 heavy (non-hydrogen) atoms. The van der Waals surface area contributed by atoms with E-state index in [1.165, 1.54) is 6.07 Å². The molecule has 3 rings (SSSR count). The van der Waals surface area contributed by atoms with E-state index in [2.05, 4.69) is 21.2 Å². The predicted octanol–water partition coefficient (Wildman–Crippen LogP) is 5.74. The van der Waals surface area contributed by atoms with Gasteiger partial charge in [-0.05, 0) is 65.2 Å². The maximum absolute atomic E-state index is 14.6. The first-order chi connectivity index (χ1) is 12.0. The van der Waals surface area contributed by atoms with Gasteiger partial charge in [-0.15, -0.1) is 0 Å². The summed E-state index contributed by atoms with van der Waals surface area (Å²) in [4.78, 5) is 16.9. The minimum Gasteiger partial charge on any atom is -0.444 e. The number of aliphatic imine (C=N–C) groups is 1. The van der Waals surface area contributed by atoms with Crippen LogP contribution >= 0.6 is 27.7 Å². The molecule has 142 valence electrons. The van der Waals surface area contributed by atoms with Crippen molar-refractivity contribution < 1.29 is 13.9 Å². The average Bonchev–Trinajstić information content (AvgIpc) is 2.45. The molecule has 0 unspecified atom stereocenters. The van der Waals surface area contributed by atoms with Gasteiger partial charge in [-0.1, -0.05) is 34.1 Å². The number of carbonyl (C=O) groups excluding carboxylic acids is 1. The van der Waals surface area contributed by atoms with Gasteiger partial charge >= 0.3 is 6.09 Å². The maximum Gasteiger partial charge on any atom is 0.413 e. The van der Waals surface area contributed by atoms with Crippen molar-refractivity contribution in [2.24, 2.45) is 4.99 Å². The Labute approximate surface area is 166 Å². The topological polar surface area (TPSA) is 50.7 Å². The number of hydrogen-bond acceptors (Lipinski definition) is 4. The number of carbonyl (C=O) groups is 1. The number of nitrogens with one attached hydrogen (secondary N) is 1. The number of rotatable bonds is 1. The SMILES string of the molecule is CC(C)(C)OC(=O)NC1=N[C@](C)(c2cc(Br)ccc2F)CC2(CCC2)S1. The molecular weight excluding hydrogens is 419 g/mol. The molecule has 0 radical (unpaired) electrons. The third-order valence-electron chi connectivity index (χ3n) is 4.71. The second kappa shape index (κ2) is 6.82. The number of benzene rings is 1. The van der Waals surface area contributed by atoms with E-state index in [0.29, 0.717) is 10.7 Å². The molecule has 1 amide bonds. The lowest BCUT2D eigenvalue weighted by molar-refractivity contribution is 0.0564. The maximum atomic E-state index is 14.6. The molecule has 1 spiro atoms. The molecule has 0 aromatic heterocycles. The van der Waals surface area contributed by atoms with Crippen LogP contribution in [0.5, 0.6) is 0 Å². The van der Waals surface area contributed by atoms with Gasteiger partial charge in [0, 0.05) is 14.8 Å². The lowest BCUT2D eigenvalue weighted by Gasteiger charge is -2.49. The fraction of sp³-hybridized carbons (Fsp3) is 0.579. The predicted molar refractivity (Wildman–Crippen MR) is 107 cm³/mol. The molecule has 1 saturated carbocycles. The Bertz CT molecular complexity index is 758. The molecule has 1 aromatic carbocycles. The summed E-state index contributed by atoms with van der Waals surface area (Å²) in [5.41, 5.74) is -0.774. The average molecular weight is 443 g/mol. The van der Waals surface area contributed by atoms with Crippen LogP contribution in [0.3, 0.4) is 0 Å². The third-order valence-corrected chi connectivity index (χ3v) is 6.57. The van der Waals surface area contributed by atoms with Gasteiger partial charge in [0.05, 0.1) is 5.54 Å². The summed E-state index contributed by atoms with van der Waals surface area (Å²) in [6.07, 6.45) is 3.44. The van der Waals surface area contributed by atoms with Crippen LogP contribution in [0.4, 0.5) is 9.18 Å². The second-order valence-electron chi connectivity index (χ2n) is 8.26. The highest BCUT2D eigenvalue weighted by atomic mass is 79.9.